The van der Waals surface area contributed by atoms with Crippen molar-refractivity contribution >= 4 is 41.2 Å². The number of pyridine rings is 2. The maximum absolute atomic E-state index is 13.4. The van der Waals surface area contributed by atoms with Gasteiger partial charge < -0.3 is 35.6 Å². The Labute approximate surface area is 278 Å². The van der Waals surface area contributed by atoms with E-state index in [1.807, 2.05) is 47.4 Å². The summed E-state index contributed by atoms with van der Waals surface area (Å²) in [5.74, 6) is 1.14. The molecule has 1 aromatic carbocycles. The Morgan fingerprint density at radius 2 is 1.71 bits per heavy atom. The van der Waals surface area contributed by atoms with Crippen molar-refractivity contribution in [1.29, 1.82) is 0 Å². The van der Waals surface area contributed by atoms with E-state index >= 15 is 0 Å². The summed E-state index contributed by atoms with van der Waals surface area (Å²) in [7, 11) is 0. The first-order valence-electron chi connectivity index (χ1n) is 15.6. The van der Waals surface area contributed by atoms with Gasteiger partial charge in [0.05, 0.1) is 18.3 Å². The van der Waals surface area contributed by atoms with Gasteiger partial charge in [0, 0.05) is 68.1 Å². The molecule has 3 amide bonds. The lowest BCUT2D eigenvalue weighted by Gasteiger charge is -2.33. The molecule has 0 saturated carbocycles. The number of aromatic nitrogens is 4. The lowest BCUT2D eigenvalue weighted by molar-refractivity contribution is -0.155. The van der Waals surface area contributed by atoms with Crippen LogP contribution in [0.15, 0.2) is 79.4 Å². The number of esters is 1. The van der Waals surface area contributed by atoms with Crippen LogP contribution in [0.5, 0.6) is 0 Å². The van der Waals surface area contributed by atoms with Gasteiger partial charge in [0.15, 0.2) is 0 Å². The van der Waals surface area contributed by atoms with Crippen molar-refractivity contribution in [2.75, 3.05) is 41.7 Å². The Kier molecular flexibility index (Phi) is 10.6. The molecule has 1 atom stereocenters. The Morgan fingerprint density at radius 3 is 2.40 bits per heavy atom. The maximum atomic E-state index is 13.4. The number of ether oxygens (including phenoxy) is 1. The summed E-state index contributed by atoms with van der Waals surface area (Å²) in [6, 6.07) is 15.7. The van der Waals surface area contributed by atoms with Gasteiger partial charge in [-0.05, 0) is 51.0 Å². The Hall–Kier alpha value is -5.79. The first-order valence-corrected chi connectivity index (χ1v) is 15.6. The largest absolute Gasteiger partial charge is 0.465 e. The van der Waals surface area contributed by atoms with Crippen LogP contribution in [0.2, 0.25) is 0 Å². The summed E-state index contributed by atoms with van der Waals surface area (Å²) in [6.45, 7) is 7.16. The zero-order valence-corrected chi connectivity index (χ0v) is 27.1. The third-order valence-electron chi connectivity index (χ3n) is 7.31. The summed E-state index contributed by atoms with van der Waals surface area (Å²) < 4.78 is 5.54. The number of rotatable bonds is 10. The highest BCUT2D eigenvalue weighted by Crippen LogP contribution is 2.28. The highest BCUT2D eigenvalue weighted by atomic mass is 16.6. The van der Waals surface area contributed by atoms with Crippen LogP contribution in [0.3, 0.4) is 0 Å². The van der Waals surface area contributed by atoms with Crippen molar-refractivity contribution in [3.63, 3.8) is 0 Å². The number of carboxylic acid groups (broad SMARTS) is 1. The van der Waals surface area contributed by atoms with Gasteiger partial charge in [-0.2, -0.15) is 0 Å². The highest BCUT2D eigenvalue weighted by Gasteiger charge is 2.24. The molecule has 4 heterocycles. The van der Waals surface area contributed by atoms with Crippen molar-refractivity contribution in [3.05, 3.63) is 84.9 Å². The number of amides is 3. The fourth-order valence-corrected chi connectivity index (χ4v) is 5.20. The molecule has 1 aliphatic rings. The second-order valence-electron chi connectivity index (χ2n) is 12.3. The molecular formula is C34H39N9O5. The number of anilines is 4. The molecule has 14 nitrogen and oxygen atoms in total. The van der Waals surface area contributed by atoms with E-state index in [2.05, 4.69) is 30.9 Å². The predicted octanol–water partition coefficient (Wildman–Crippen LogP) is 4.94. The number of urea groups is 1. The van der Waals surface area contributed by atoms with Gasteiger partial charge in [-0.3, -0.25) is 9.78 Å². The van der Waals surface area contributed by atoms with E-state index in [0.29, 0.717) is 61.4 Å². The standard InChI is InChI=1S/C34H39N9O5/c1-34(2,3)48-31(44)21-25(17-23-7-5-4-6-8-23)38-32(45)39-26-19-27(40-28(20-26)41-29-22-35-11-12-36-29)24-9-10-37-30(18-24)42-13-15-43(16-14-42)33(46)47/h4-12,18-20,22,25H,13-17,21H2,1-3H3,(H,46,47)(H3,36,38,39,40,41,45)/t25-/m0/s1. The molecule has 0 aliphatic carbocycles. The molecule has 1 saturated heterocycles. The third-order valence-corrected chi connectivity index (χ3v) is 7.31. The van der Waals surface area contributed by atoms with E-state index in [9.17, 15) is 19.5 Å². The summed E-state index contributed by atoms with van der Waals surface area (Å²) in [5.41, 5.74) is 2.02. The predicted molar refractivity (Wildman–Crippen MR) is 181 cm³/mol. The fraction of sp³-hybridized carbons (Fsp3) is 0.324. The van der Waals surface area contributed by atoms with Crippen LogP contribution >= 0.6 is 0 Å². The minimum atomic E-state index is -0.937. The molecule has 4 aromatic rings. The second-order valence-corrected chi connectivity index (χ2v) is 12.3. The van der Waals surface area contributed by atoms with Gasteiger partial charge in [0.25, 0.3) is 0 Å². The number of nitrogens with one attached hydrogen (secondary N) is 3. The van der Waals surface area contributed by atoms with Crippen LogP contribution in [0.25, 0.3) is 11.3 Å². The number of hydrogen-bond acceptors (Lipinski definition) is 10. The van der Waals surface area contributed by atoms with Crippen LogP contribution in [-0.2, 0) is 16.0 Å². The monoisotopic (exact) mass is 653 g/mol. The Morgan fingerprint density at radius 1 is 0.938 bits per heavy atom. The van der Waals surface area contributed by atoms with Crippen LogP contribution in [0, 0.1) is 0 Å². The third kappa shape index (κ3) is 9.85. The van der Waals surface area contributed by atoms with Crippen LogP contribution in [0.1, 0.15) is 32.8 Å². The fourth-order valence-electron chi connectivity index (χ4n) is 5.20. The average molecular weight is 654 g/mol. The molecule has 0 radical (unpaired) electrons. The first kappa shape index (κ1) is 33.6. The van der Waals surface area contributed by atoms with E-state index in [1.54, 1.807) is 57.7 Å². The van der Waals surface area contributed by atoms with Gasteiger partial charge in [0.2, 0.25) is 0 Å². The molecule has 5 rings (SSSR count). The normalized spacial score (nSPS) is 13.7. The molecule has 48 heavy (non-hydrogen) atoms. The van der Waals surface area contributed by atoms with Gasteiger partial charge in [-0.25, -0.2) is 24.5 Å². The molecule has 1 aliphatic heterocycles. The van der Waals surface area contributed by atoms with Crippen molar-refractivity contribution in [3.8, 4) is 11.3 Å². The number of carbonyl (C=O) groups excluding carboxylic acids is 2. The second kappa shape index (κ2) is 15.2. The van der Waals surface area contributed by atoms with Crippen molar-refractivity contribution < 1.29 is 24.2 Å². The lowest BCUT2D eigenvalue weighted by atomic mass is 10.0. The smallest absolute Gasteiger partial charge is 0.407 e. The number of benzene rings is 1. The number of nitrogens with zero attached hydrogens (tertiary/aromatic N) is 6. The number of hydrogen-bond donors (Lipinski definition) is 4. The van der Waals surface area contributed by atoms with E-state index in [-0.39, 0.29) is 6.42 Å². The van der Waals surface area contributed by atoms with Gasteiger partial charge in [0.1, 0.15) is 23.1 Å². The maximum Gasteiger partial charge on any atom is 0.407 e. The highest BCUT2D eigenvalue weighted by molar-refractivity contribution is 5.91. The molecule has 0 spiro atoms. The summed E-state index contributed by atoms with van der Waals surface area (Å²) in [4.78, 5) is 58.6. The molecule has 0 unspecified atom stereocenters. The average Bonchev–Trinajstić information content (AvgIpc) is 3.04. The zero-order valence-electron chi connectivity index (χ0n) is 27.1. The Bertz CT molecular complexity index is 1710. The molecule has 0 bridgehead atoms. The van der Waals surface area contributed by atoms with Crippen LogP contribution in [0.4, 0.5) is 32.7 Å². The zero-order chi connectivity index (χ0) is 34.1. The lowest BCUT2D eigenvalue weighted by Crippen LogP contribution is -2.48. The van der Waals surface area contributed by atoms with Gasteiger partial charge in [-0.1, -0.05) is 30.3 Å². The quantitative estimate of drug-likeness (QED) is 0.171. The molecule has 14 heteroatoms. The van der Waals surface area contributed by atoms with Crippen molar-refractivity contribution in [1.82, 2.24) is 30.2 Å². The topological polar surface area (TPSA) is 175 Å². The van der Waals surface area contributed by atoms with Gasteiger partial charge >= 0.3 is 18.1 Å². The van der Waals surface area contributed by atoms with Crippen molar-refractivity contribution in [2.45, 2.75) is 45.3 Å². The number of carbonyl (C=O) groups is 3. The van der Waals surface area contributed by atoms with Gasteiger partial charge in [-0.15, -0.1) is 0 Å². The van der Waals surface area contributed by atoms with Crippen LogP contribution in [-0.4, -0.2) is 85.9 Å². The Balaban J connectivity index is 1.38. The molecular weight excluding hydrogens is 614 g/mol. The summed E-state index contributed by atoms with van der Waals surface area (Å²) >= 11 is 0. The molecule has 250 valence electrons. The number of piperazine rings is 1. The van der Waals surface area contributed by atoms with E-state index in [0.717, 1.165) is 11.1 Å². The summed E-state index contributed by atoms with van der Waals surface area (Å²) in [5, 5.41) is 18.3. The molecule has 1 fully saturated rings. The molecule has 3 aromatic heterocycles. The van der Waals surface area contributed by atoms with E-state index < -0.39 is 29.7 Å². The summed E-state index contributed by atoms with van der Waals surface area (Å²) in [6.07, 6.45) is 5.81. The van der Waals surface area contributed by atoms with Crippen LogP contribution < -0.4 is 20.9 Å². The minimum Gasteiger partial charge on any atom is -0.465 e. The van der Waals surface area contributed by atoms with E-state index in [4.69, 9.17) is 9.72 Å². The first-order chi connectivity index (χ1) is 23.0. The SMILES string of the molecule is CC(C)(C)OC(=O)C[C@H](Cc1ccccc1)NC(=O)Nc1cc(Nc2cnccn2)nc(-c2ccnc(N3CCN(C(=O)O)CC3)c2)c1. The minimum absolute atomic E-state index is 0.0127. The molecule has 4 N–H and O–H groups in total. The van der Waals surface area contributed by atoms with E-state index in [1.165, 1.54) is 4.90 Å². The van der Waals surface area contributed by atoms with Crippen molar-refractivity contribution in [2.24, 2.45) is 0 Å².